The van der Waals surface area contributed by atoms with Crippen LogP contribution in [-0.4, -0.2) is 34.9 Å². The van der Waals surface area contributed by atoms with Gasteiger partial charge in [0, 0.05) is 17.1 Å². The molecular formula is C10H15BrN2O3S. The fraction of sp³-hybridized carbons (Fsp3) is 0.400. The maximum Gasteiger partial charge on any atom is 0.234 e. The molecule has 0 radical (unpaired) electrons. The normalized spacial score (nSPS) is 11.2. The minimum Gasteiger partial charge on any atom is -0.497 e. The van der Waals surface area contributed by atoms with Crippen LogP contribution in [0.4, 0.5) is 5.69 Å². The summed E-state index contributed by atoms with van der Waals surface area (Å²) in [5.74, 6) is 0.618. The summed E-state index contributed by atoms with van der Waals surface area (Å²) < 4.78 is 31.6. The first-order valence-corrected chi connectivity index (χ1v) is 7.41. The Bertz CT molecular complexity index is 476. The minimum absolute atomic E-state index is 0.0210. The lowest BCUT2D eigenvalue weighted by atomic mass is 10.3. The van der Waals surface area contributed by atoms with E-state index in [9.17, 15) is 8.42 Å². The lowest BCUT2D eigenvalue weighted by molar-refractivity contribution is 0.415. The van der Waals surface area contributed by atoms with Gasteiger partial charge in [0.1, 0.15) is 5.75 Å². The SMILES string of the molecule is CNCCS(=O)(=O)Nc1cc(OC)ccc1Br. The molecule has 1 aromatic carbocycles. The highest BCUT2D eigenvalue weighted by Crippen LogP contribution is 2.27. The molecule has 0 fully saturated rings. The standard InChI is InChI=1S/C10H15BrN2O3S/c1-12-5-6-17(14,15)13-10-7-8(16-2)3-4-9(10)11/h3-4,7,12-13H,5-6H2,1-2H3. The molecule has 17 heavy (non-hydrogen) atoms. The van der Waals surface area contributed by atoms with Crippen molar-refractivity contribution >= 4 is 31.6 Å². The van der Waals surface area contributed by atoms with Crippen LogP contribution in [0.15, 0.2) is 22.7 Å². The number of hydrogen-bond acceptors (Lipinski definition) is 4. The van der Waals surface area contributed by atoms with Gasteiger partial charge < -0.3 is 10.1 Å². The van der Waals surface area contributed by atoms with Crippen molar-refractivity contribution in [3.05, 3.63) is 22.7 Å². The van der Waals surface area contributed by atoms with Gasteiger partial charge in [0.2, 0.25) is 10.0 Å². The van der Waals surface area contributed by atoms with Gasteiger partial charge in [-0.05, 0) is 35.1 Å². The number of halogens is 1. The van der Waals surface area contributed by atoms with Crippen LogP contribution in [0.1, 0.15) is 0 Å². The van der Waals surface area contributed by atoms with Gasteiger partial charge >= 0.3 is 0 Å². The number of nitrogens with one attached hydrogen (secondary N) is 2. The predicted octanol–water partition coefficient (Wildman–Crippen LogP) is 1.42. The monoisotopic (exact) mass is 322 g/mol. The largest absolute Gasteiger partial charge is 0.497 e. The van der Waals surface area contributed by atoms with Crippen molar-refractivity contribution in [2.24, 2.45) is 0 Å². The highest BCUT2D eigenvalue weighted by atomic mass is 79.9. The quantitative estimate of drug-likeness (QED) is 0.831. The maximum absolute atomic E-state index is 11.7. The lowest BCUT2D eigenvalue weighted by Gasteiger charge is -2.10. The Morgan fingerprint density at radius 2 is 2.12 bits per heavy atom. The molecule has 5 nitrogen and oxygen atoms in total. The molecule has 0 aromatic heterocycles. The van der Waals surface area contributed by atoms with Crippen LogP contribution in [0, 0.1) is 0 Å². The molecule has 0 heterocycles. The highest BCUT2D eigenvalue weighted by Gasteiger charge is 2.12. The van der Waals surface area contributed by atoms with E-state index < -0.39 is 10.0 Å². The van der Waals surface area contributed by atoms with Crippen molar-refractivity contribution in [3.63, 3.8) is 0 Å². The van der Waals surface area contributed by atoms with E-state index in [1.54, 1.807) is 25.2 Å². The summed E-state index contributed by atoms with van der Waals surface area (Å²) in [4.78, 5) is 0. The second-order valence-electron chi connectivity index (χ2n) is 3.37. The molecular weight excluding hydrogens is 308 g/mol. The first-order chi connectivity index (χ1) is 7.98. The average molecular weight is 323 g/mol. The van der Waals surface area contributed by atoms with Gasteiger partial charge in [0.15, 0.2) is 0 Å². The molecule has 2 N–H and O–H groups in total. The van der Waals surface area contributed by atoms with E-state index in [-0.39, 0.29) is 5.75 Å². The van der Waals surface area contributed by atoms with Gasteiger partial charge in [0.05, 0.1) is 18.6 Å². The molecule has 0 saturated heterocycles. The zero-order valence-corrected chi connectivity index (χ0v) is 12.1. The molecule has 0 aliphatic heterocycles. The Kier molecular flexibility index (Phi) is 5.23. The van der Waals surface area contributed by atoms with Gasteiger partial charge in [0.25, 0.3) is 0 Å². The number of benzene rings is 1. The average Bonchev–Trinajstić information content (AvgIpc) is 2.29. The zero-order chi connectivity index (χ0) is 12.9. The van der Waals surface area contributed by atoms with Crippen molar-refractivity contribution < 1.29 is 13.2 Å². The molecule has 0 amide bonds. The molecule has 1 aromatic rings. The Hall–Kier alpha value is -0.790. The van der Waals surface area contributed by atoms with Gasteiger partial charge in [-0.2, -0.15) is 0 Å². The smallest absolute Gasteiger partial charge is 0.234 e. The number of methoxy groups -OCH3 is 1. The van der Waals surface area contributed by atoms with Crippen LogP contribution >= 0.6 is 15.9 Å². The molecule has 0 aliphatic rings. The number of hydrogen-bond donors (Lipinski definition) is 2. The van der Waals surface area contributed by atoms with Gasteiger partial charge in [-0.15, -0.1) is 0 Å². The second-order valence-corrected chi connectivity index (χ2v) is 6.07. The third-order valence-corrected chi connectivity index (χ3v) is 4.02. The van der Waals surface area contributed by atoms with Crippen LogP contribution in [0.2, 0.25) is 0 Å². The Balaban J connectivity index is 2.87. The minimum atomic E-state index is -3.34. The summed E-state index contributed by atoms with van der Waals surface area (Å²) >= 11 is 3.28. The van der Waals surface area contributed by atoms with Crippen LogP contribution in [0.5, 0.6) is 5.75 Å². The van der Waals surface area contributed by atoms with E-state index in [4.69, 9.17) is 4.74 Å². The summed E-state index contributed by atoms with van der Waals surface area (Å²) in [6.07, 6.45) is 0. The van der Waals surface area contributed by atoms with Crippen LogP contribution < -0.4 is 14.8 Å². The number of ether oxygens (including phenoxy) is 1. The number of anilines is 1. The molecule has 0 unspecified atom stereocenters. The zero-order valence-electron chi connectivity index (χ0n) is 9.66. The van der Waals surface area contributed by atoms with Crippen molar-refractivity contribution in [2.75, 3.05) is 31.2 Å². The third kappa shape index (κ3) is 4.53. The fourth-order valence-electron chi connectivity index (χ4n) is 1.16. The molecule has 0 saturated carbocycles. The van der Waals surface area contributed by atoms with Gasteiger partial charge in [-0.25, -0.2) is 8.42 Å². The van der Waals surface area contributed by atoms with Crippen LogP contribution in [0.25, 0.3) is 0 Å². The van der Waals surface area contributed by atoms with Crippen molar-refractivity contribution in [2.45, 2.75) is 0 Å². The molecule has 0 spiro atoms. The second kappa shape index (κ2) is 6.23. The Morgan fingerprint density at radius 1 is 1.41 bits per heavy atom. The van der Waals surface area contributed by atoms with Gasteiger partial charge in [-0.1, -0.05) is 0 Å². The molecule has 0 atom stereocenters. The van der Waals surface area contributed by atoms with E-state index >= 15 is 0 Å². The Morgan fingerprint density at radius 3 is 2.71 bits per heavy atom. The summed E-state index contributed by atoms with van der Waals surface area (Å²) in [6.45, 7) is 0.400. The van der Waals surface area contributed by atoms with E-state index in [0.29, 0.717) is 22.5 Å². The number of sulfonamides is 1. The van der Waals surface area contributed by atoms with E-state index in [0.717, 1.165) is 0 Å². The molecule has 0 aliphatic carbocycles. The Labute approximate surface area is 110 Å². The first kappa shape index (κ1) is 14.3. The number of rotatable bonds is 6. The lowest BCUT2D eigenvalue weighted by Crippen LogP contribution is -2.24. The molecule has 0 bridgehead atoms. The summed E-state index contributed by atoms with van der Waals surface area (Å²) in [6, 6.07) is 5.10. The first-order valence-electron chi connectivity index (χ1n) is 4.97. The topological polar surface area (TPSA) is 67.4 Å². The molecule has 96 valence electrons. The van der Waals surface area contributed by atoms with Gasteiger partial charge in [-0.3, -0.25) is 4.72 Å². The van der Waals surface area contributed by atoms with Crippen LogP contribution in [0.3, 0.4) is 0 Å². The van der Waals surface area contributed by atoms with E-state index in [2.05, 4.69) is 26.0 Å². The third-order valence-electron chi connectivity index (χ3n) is 2.06. The van der Waals surface area contributed by atoms with E-state index in [1.165, 1.54) is 7.11 Å². The molecule has 1 rings (SSSR count). The van der Waals surface area contributed by atoms with E-state index in [1.807, 2.05) is 0 Å². The summed E-state index contributed by atoms with van der Waals surface area (Å²) in [5.41, 5.74) is 0.473. The fourth-order valence-corrected chi connectivity index (χ4v) is 2.72. The van der Waals surface area contributed by atoms with Crippen molar-refractivity contribution in [1.82, 2.24) is 5.32 Å². The van der Waals surface area contributed by atoms with Crippen LogP contribution in [-0.2, 0) is 10.0 Å². The predicted molar refractivity (Wildman–Crippen MR) is 72.0 cm³/mol. The maximum atomic E-state index is 11.7. The van der Waals surface area contributed by atoms with Crippen molar-refractivity contribution in [3.8, 4) is 5.75 Å². The van der Waals surface area contributed by atoms with Crippen molar-refractivity contribution in [1.29, 1.82) is 0 Å². The summed E-state index contributed by atoms with van der Waals surface area (Å²) in [5, 5.41) is 2.79. The molecule has 7 heteroatoms. The highest BCUT2D eigenvalue weighted by molar-refractivity contribution is 9.10. The summed E-state index contributed by atoms with van der Waals surface area (Å²) in [7, 11) is -0.107.